The van der Waals surface area contributed by atoms with E-state index in [1.807, 2.05) is 18.4 Å². The summed E-state index contributed by atoms with van der Waals surface area (Å²) in [7, 11) is 0. The molecule has 1 N–H and O–H groups in total. The molecule has 1 aromatic rings. The lowest BCUT2D eigenvalue weighted by atomic mass is 10.2. The number of hydrogen-bond donors (Lipinski definition) is 1. The second-order valence-corrected chi connectivity index (χ2v) is 4.77. The second kappa shape index (κ2) is 4.33. The Labute approximate surface area is 93.4 Å². The topological polar surface area (TPSA) is 38.3 Å². The predicted molar refractivity (Wildman–Crippen MR) is 59.8 cm³/mol. The third kappa shape index (κ3) is 2.38. The van der Waals surface area contributed by atoms with Crippen LogP contribution in [0.4, 0.5) is 0 Å². The fraction of sp³-hybridized carbons (Fsp3) is 0.545. The zero-order chi connectivity index (χ0) is 10.7. The lowest BCUT2D eigenvalue weighted by Gasteiger charge is -2.14. The Balaban J connectivity index is 1.86. The molecule has 15 heavy (non-hydrogen) atoms. The van der Waals surface area contributed by atoms with E-state index in [1.54, 1.807) is 11.3 Å². The number of rotatable bonds is 5. The molecule has 4 heteroatoms. The Bertz CT molecular complexity index is 330. The van der Waals surface area contributed by atoms with Gasteiger partial charge in [-0.1, -0.05) is 6.07 Å². The molecule has 2 rings (SSSR count). The van der Waals surface area contributed by atoms with Crippen molar-refractivity contribution in [3.05, 3.63) is 22.4 Å². The number of esters is 1. The molecule has 1 aliphatic rings. The molecule has 3 nitrogen and oxygen atoms in total. The minimum absolute atomic E-state index is 0.0958. The average molecular weight is 225 g/mol. The molecule has 1 heterocycles. The Morgan fingerprint density at radius 3 is 3.00 bits per heavy atom. The number of ether oxygens (including phenoxy) is 1. The highest BCUT2D eigenvalue weighted by Crippen LogP contribution is 2.37. The fourth-order valence-electron chi connectivity index (χ4n) is 1.52. The van der Waals surface area contributed by atoms with Crippen LogP contribution in [0.2, 0.25) is 0 Å². The summed E-state index contributed by atoms with van der Waals surface area (Å²) in [6, 6.07) is 4.09. The minimum atomic E-state index is -0.375. The summed E-state index contributed by atoms with van der Waals surface area (Å²) in [4.78, 5) is 12.9. The summed E-state index contributed by atoms with van der Waals surface area (Å²) >= 11 is 1.70. The summed E-state index contributed by atoms with van der Waals surface area (Å²) in [5.41, 5.74) is -0.375. The van der Waals surface area contributed by atoms with Gasteiger partial charge in [-0.25, -0.2) is 0 Å². The highest BCUT2D eigenvalue weighted by Gasteiger charge is 2.50. The molecule has 1 fully saturated rings. The molecule has 0 spiro atoms. The van der Waals surface area contributed by atoms with Crippen LogP contribution in [0.15, 0.2) is 17.5 Å². The van der Waals surface area contributed by atoms with Crippen LogP contribution in [-0.2, 0) is 16.1 Å². The minimum Gasteiger partial charge on any atom is -0.465 e. The molecule has 0 unspecified atom stereocenters. The lowest BCUT2D eigenvalue weighted by Crippen LogP contribution is -2.39. The third-order valence-electron chi connectivity index (χ3n) is 2.60. The molecule has 0 amide bonds. The van der Waals surface area contributed by atoms with E-state index in [4.69, 9.17) is 4.74 Å². The van der Waals surface area contributed by atoms with Crippen LogP contribution in [0.1, 0.15) is 24.6 Å². The monoisotopic (exact) mass is 225 g/mol. The molecule has 0 aliphatic heterocycles. The van der Waals surface area contributed by atoms with Gasteiger partial charge in [-0.05, 0) is 31.2 Å². The highest BCUT2D eigenvalue weighted by molar-refractivity contribution is 7.09. The average Bonchev–Trinajstić information content (AvgIpc) is 2.85. The summed E-state index contributed by atoms with van der Waals surface area (Å²) in [5, 5.41) is 5.34. The first-order valence-corrected chi connectivity index (χ1v) is 6.09. The van der Waals surface area contributed by atoms with Crippen LogP contribution in [-0.4, -0.2) is 18.1 Å². The Hall–Kier alpha value is -0.870. The van der Waals surface area contributed by atoms with Gasteiger partial charge < -0.3 is 4.74 Å². The van der Waals surface area contributed by atoms with Crippen molar-refractivity contribution in [2.45, 2.75) is 31.8 Å². The molecular formula is C11H15NO2S. The van der Waals surface area contributed by atoms with Gasteiger partial charge in [-0.2, -0.15) is 0 Å². The SMILES string of the molecule is CCOC(=O)C1(NCc2cccs2)CC1. The van der Waals surface area contributed by atoms with E-state index in [0.29, 0.717) is 6.61 Å². The molecule has 0 radical (unpaired) electrons. The van der Waals surface area contributed by atoms with Crippen LogP contribution in [0.25, 0.3) is 0 Å². The van der Waals surface area contributed by atoms with E-state index in [-0.39, 0.29) is 11.5 Å². The molecule has 82 valence electrons. The van der Waals surface area contributed by atoms with Gasteiger partial charge in [0.15, 0.2) is 0 Å². The van der Waals surface area contributed by atoms with E-state index in [9.17, 15) is 4.79 Å². The van der Waals surface area contributed by atoms with Gasteiger partial charge in [0.05, 0.1) is 6.61 Å². The van der Waals surface area contributed by atoms with Crippen molar-refractivity contribution < 1.29 is 9.53 Å². The molecular weight excluding hydrogens is 210 g/mol. The Morgan fingerprint density at radius 1 is 1.67 bits per heavy atom. The van der Waals surface area contributed by atoms with E-state index >= 15 is 0 Å². The summed E-state index contributed by atoms with van der Waals surface area (Å²) < 4.78 is 5.04. The first-order valence-electron chi connectivity index (χ1n) is 5.21. The van der Waals surface area contributed by atoms with Crippen LogP contribution >= 0.6 is 11.3 Å². The smallest absolute Gasteiger partial charge is 0.326 e. The molecule has 1 aromatic heterocycles. The summed E-state index contributed by atoms with van der Waals surface area (Å²) in [5.74, 6) is -0.0958. The standard InChI is InChI=1S/C11H15NO2S/c1-2-14-10(13)11(5-6-11)12-8-9-4-3-7-15-9/h3-4,7,12H,2,5-6,8H2,1H3. The van der Waals surface area contributed by atoms with Crippen molar-refractivity contribution in [2.75, 3.05) is 6.61 Å². The van der Waals surface area contributed by atoms with E-state index in [2.05, 4.69) is 11.4 Å². The van der Waals surface area contributed by atoms with Gasteiger partial charge >= 0.3 is 5.97 Å². The summed E-state index contributed by atoms with van der Waals surface area (Å²) in [6.45, 7) is 3.06. The van der Waals surface area contributed by atoms with Crippen molar-refractivity contribution in [1.29, 1.82) is 0 Å². The number of carbonyl (C=O) groups is 1. The zero-order valence-electron chi connectivity index (χ0n) is 8.79. The Kier molecular flexibility index (Phi) is 3.07. The molecule has 0 aromatic carbocycles. The highest BCUT2D eigenvalue weighted by atomic mass is 32.1. The van der Waals surface area contributed by atoms with E-state index < -0.39 is 0 Å². The van der Waals surface area contributed by atoms with Gasteiger partial charge in [0.25, 0.3) is 0 Å². The number of hydrogen-bond acceptors (Lipinski definition) is 4. The van der Waals surface area contributed by atoms with E-state index in [0.717, 1.165) is 19.4 Å². The van der Waals surface area contributed by atoms with E-state index in [1.165, 1.54) is 4.88 Å². The van der Waals surface area contributed by atoms with Crippen molar-refractivity contribution in [2.24, 2.45) is 0 Å². The third-order valence-corrected chi connectivity index (χ3v) is 3.47. The normalized spacial score (nSPS) is 17.4. The lowest BCUT2D eigenvalue weighted by molar-refractivity contribution is -0.147. The van der Waals surface area contributed by atoms with Crippen molar-refractivity contribution in [3.63, 3.8) is 0 Å². The quantitative estimate of drug-likeness (QED) is 0.778. The molecule has 1 aliphatic carbocycles. The number of thiophene rings is 1. The molecule has 0 saturated heterocycles. The van der Waals surface area contributed by atoms with Crippen LogP contribution in [0.3, 0.4) is 0 Å². The van der Waals surface area contributed by atoms with Gasteiger partial charge in [0, 0.05) is 11.4 Å². The maximum atomic E-state index is 11.6. The number of carbonyl (C=O) groups excluding carboxylic acids is 1. The Morgan fingerprint density at radius 2 is 2.47 bits per heavy atom. The van der Waals surface area contributed by atoms with Crippen LogP contribution in [0, 0.1) is 0 Å². The van der Waals surface area contributed by atoms with Crippen LogP contribution in [0.5, 0.6) is 0 Å². The second-order valence-electron chi connectivity index (χ2n) is 3.74. The number of nitrogens with one attached hydrogen (secondary N) is 1. The zero-order valence-corrected chi connectivity index (χ0v) is 9.60. The van der Waals surface area contributed by atoms with Crippen LogP contribution < -0.4 is 5.32 Å². The van der Waals surface area contributed by atoms with Gasteiger partial charge in [0.1, 0.15) is 5.54 Å². The summed E-state index contributed by atoms with van der Waals surface area (Å²) in [6.07, 6.45) is 1.80. The van der Waals surface area contributed by atoms with Crippen molar-refractivity contribution in [1.82, 2.24) is 5.32 Å². The predicted octanol–water partition coefficient (Wildman–Crippen LogP) is 1.93. The first kappa shape index (κ1) is 10.6. The van der Waals surface area contributed by atoms with Gasteiger partial charge in [-0.3, -0.25) is 10.1 Å². The maximum absolute atomic E-state index is 11.6. The van der Waals surface area contributed by atoms with Crippen molar-refractivity contribution >= 4 is 17.3 Å². The molecule has 0 atom stereocenters. The fourth-order valence-corrected chi connectivity index (χ4v) is 2.16. The van der Waals surface area contributed by atoms with Gasteiger partial charge in [-0.15, -0.1) is 11.3 Å². The van der Waals surface area contributed by atoms with Crippen molar-refractivity contribution in [3.8, 4) is 0 Å². The first-order chi connectivity index (χ1) is 7.27. The molecule has 0 bridgehead atoms. The van der Waals surface area contributed by atoms with Gasteiger partial charge in [0.2, 0.25) is 0 Å². The molecule has 1 saturated carbocycles. The largest absolute Gasteiger partial charge is 0.465 e. The maximum Gasteiger partial charge on any atom is 0.326 e.